The summed E-state index contributed by atoms with van der Waals surface area (Å²) in [6.45, 7) is 3.69. The summed E-state index contributed by atoms with van der Waals surface area (Å²) >= 11 is 5.94. The Balaban J connectivity index is 3.14. The maximum atomic E-state index is 10.9. The van der Waals surface area contributed by atoms with Crippen LogP contribution in [-0.4, -0.2) is 11.1 Å². The average molecular weight is 225 g/mol. The monoisotopic (exact) mass is 224 g/mol. The molecule has 0 aliphatic heterocycles. The lowest BCUT2D eigenvalue weighted by Gasteiger charge is -2.06. The number of carboxylic acids is 1. The standard InChI is InChI=1S/C12H13ClO2/c1-8(2)10(12(14)15)7-9-5-3-4-6-11(9)13/h3-8H,1-2H3,(H,14,15)/b10-7+. The molecule has 3 heteroatoms. The Hall–Kier alpha value is -1.28. The molecule has 0 amide bonds. The van der Waals surface area contributed by atoms with Crippen LogP contribution in [0.25, 0.3) is 6.08 Å². The Morgan fingerprint density at radius 3 is 2.47 bits per heavy atom. The summed E-state index contributed by atoms with van der Waals surface area (Å²) < 4.78 is 0. The minimum atomic E-state index is -0.898. The number of benzene rings is 1. The van der Waals surface area contributed by atoms with E-state index in [1.165, 1.54) is 0 Å². The molecule has 1 N–H and O–H groups in total. The predicted octanol–water partition coefficient (Wildman–Crippen LogP) is 3.46. The molecule has 1 aromatic rings. The van der Waals surface area contributed by atoms with E-state index in [0.717, 1.165) is 5.56 Å². The molecule has 0 aliphatic carbocycles. The van der Waals surface area contributed by atoms with Crippen molar-refractivity contribution in [3.05, 3.63) is 40.4 Å². The molecule has 0 spiro atoms. The summed E-state index contributed by atoms with van der Waals surface area (Å²) in [4.78, 5) is 10.9. The van der Waals surface area contributed by atoms with Gasteiger partial charge in [0.1, 0.15) is 0 Å². The number of hydrogen-bond acceptors (Lipinski definition) is 1. The summed E-state index contributed by atoms with van der Waals surface area (Å²) in [7, 11) is 0. The van der Waals surface area contributed by atoms with Crippen LogP contribution in [0.1, 0.15) is 19.4 Å². The molecular formula is C12H13ClO2. The van der Waals surface area contributed by atoms with Gasteiger partial charge in [0.05, 0.1) is 0 Å². The van der Waals surface area contributed by atoms with Gasteiger partial charge in [-0.15, -0.1) is 0 Å². The lowest BCUT2D eigenvalue weighted by Crippen LogP contribution is -2.06. The molecule has 0 atom stereocenters. The Morgan fingerprint density at radius 1 is 1.40 bits per heavy atom. The Bertz CT molecular complexity index is 394. The van der Waals surface area contributed by atoms with Crippen LogP contribution in [0.2, 0.25) is 5.02 Å². The van der Waals surface area contributed by atoms with Gasteiger partial charge in [-0.3, -0.25) is 0 Å². The third-order valence-corrected chi connectivity index (χ3v) is 2.43. The molecule has 0 aromatic heterocycles. The van der Waals surface area contributed by atoms with Crippen molar-refractivity contribution in [2.45, 2.75) is 13.8 Å². The van der Waals surface area contributed by atoms with Gasteiger partial charge in [-0.05, 0) is 23.6 Å². The molecule has 1 aromatic carbocycles. The number of rotatable bonds is 3. The van der Waals surface area contributed by atoms with Crippen LogP contribution in [0.5, 0.6) is 0 Å². The minimum Gasteiger partial charge on any atom is -0.478 e. The molecule has 1 rings (SSSR count). The van der Waals surface area contributed by atoms with E-state index in [9.17, 15) is 4.79 Å². The first-order valence-corrected chi connectivity index (χ1v) is 5.09. The molecule has 0 radical (unpaired) electrons. The van der Waals surface area contributed by atoms with E-state index in [1.54, 1.807) is 18.2 Å². The number of carbonyl (C=O) groups is 1. The molecular weight excluding hydrogens is 212 g/mol. The lowest BCUT2D eigenvalue weighted by molar-refractivity contribution is -0.133. The van der Waals surface area contributed by atoms with Gasteiger partial charge in [0, 0.05) is 10.6 Å². The second kappa shape index (κ2) is 4.99. The van der Waals surface area contributed by atoms with E-state index in [2.05, 4.69) is 0 Å². The van der Waals surface area contributed by atoms with E-state index in [4.69, 9.17) is 16.7 Å². The van der Waals surface area contributed by atoms with Gasteiger partial charge in [-0.2, -0.15) is 0 Å². The normalized spacial score (nSPS) is 11.9. The van der Waals surface area contributed by atoms with Crippen LogP contribution in [0.4, 0.5) is 0 Å². The molecule has 0 aliphatic rings. The second-order valence-electron chi connectivity index (χ2n) is 3.58. The first-order valence-electron chi connectivity index (χ1n) is 4.71. The average Bonchev–Trinajstić information content (AvgIpc) is 2.15. The van der Waals surface area contributed by atoms with Gasteiger partial charge >= 0.3 is 5.97 Å². The molecule has 0 heterocycles. The van der Waals surface area contributed by atoms with Gasteiger partial charge in [0.2, 0.25) is 0 Å². The fourth-order valence-electron chi connectivity index (χ4n) is 1.24. The van der Waals surface area contributed by atoms with Gasteiger partial charge in [-0.1, -0.05) is 43.6 Å². The van der Waals surface area contributed by atoms with Crippen LogP contribution in [0, 0.1) is 5.92 Å². The van der Waals surface area contributed by atoms with Crippen LogP contribution in [0.3, 0.4) is 0 Å². The maximum absolute atomic E-state index is 10.9. The summed E-state index contributed by atoms with van der Waals surface area (Å²) in [5, 5.41) is 9.55. The molecule has 80 valence electrons. The van der Waals surface area contributed by atoms with Crippen molar-refractivity contribution in [1.82, 2.24) is 0 Å². The number of aliphatic carboxylic acids is 1. The van der Waals surface area contributed by atoms with E-state index in [-0.39, 0.29) is 5.92 Å². The molecule has 0 saturated heterocycles. The third kappa shape index (κ3) is 3.10. The highest BCUT2D eigenvalue weighted by molar-refractivity contribution is 6.32. The summed E-state index contributed by atoms with van der Waals surface area (Å²) in [6, 6.07) is 7.19. The fourth-order valence-corrected chi connectivity index (χ4v) is 1.43. The van der Waals surface area contributed by atoms with Gasteiger partial charge in [0.15, 0.2) is 0 Å². The zero-order chi connectivity index (χ0) is 11.4. The van der Waals surface area contributed by atoms with E-state index >= 15 is 0 Å². The van der Waals surface area contributed by atoms with Gasteiger partial charge in [0.25, 0.3) is 0 Å². The second-order valence-corrected chi connectivity index (χ2v) is 3.99. The first kappa shape index (κ1) is 11.8. The van der Waals surface area contributed by atoms with E-state index in [0.29, 0.717) is 10.6 Å². The van der Waals surface area contributed by atoms with Crippen LogP contribution < -0.4 is 0 Å². The van der Waals surface area contributed by atoms with E-state index < -0.39 is 5.97 Å². The Morgan fingerprint density at radius 2 is 2.00 bits per heavy atom. The van der Waals surface area contributed by atoms with Crippen molar-refractivity contribution in [3.63, 3.8) is 0 Å². The van der Waals surface area contributed by atoms with Gasteiger partial charge in [-0.25, -0.2) is 4.79 Å². The van der Waals surface area contributed by atoms with Crippen molar-refractivity contribution in [2.24, 2.45) is 5.92 Å². The quantitative estimate of drug-likeness (QED) is 0.799. The molecule has 0 saturated carbocycles. The van der Waals surface area contributed by atoms with Crippen molar-refractivity contribution in [3.8, 4) is 0 Å². The van der Waals surface area contributed by atoms with Crippen LogP contribution >= 0.6 is 11.6 Å². The predicted molar refractivity (Wildman–Crippen MR) is 61.9 cm³/mol. The number of carboxylic acid groups (broad SMARTS) is 1. The van der Waals surface area contributed by atoms with E-state index in [1.807, 2.05) is 26.0 Å². The van der Waals surface area contributed by atoms with Crippen molar-refractivity contribution in [1.29, 1.82) is 0 Å². The number of halogens is 1. The minimum absolute atomic E-state index is 0.0289. The highest BCUT2D eigenvalue weighted by Gasteiger charge is 2.12. The van der Waals surface area contributed by atoms with Crippen LogP contribution in [0.15, 0.2) is 29.8 Å². The van der Waals surface area contributed by atoms with Crippen molar-refractivity contribution < 1.29 is 9.90 Å². The lowest BCUT2D eigenvalue weighted by atomic mass is 10.0. The molecule has 2 nitrogen and oxygen atoms in total. The zero-order valence-corrected chi connectivity index (χ0v) is 9.45. The molecule has 0 bridgehead atoms. The topological polar surface area (TPSA) is 37.3 Å². The van der Waals surface area contributed by atoms with Crippen molar-refractivity contribution in [2.75, 3.05) is 0 Å². The smallest absolute Gasteiger partial charge is 0.331 e. The number of hydrogen-bond donors (Lipinski definition) is 1. The van der Waals surface area contributed by atoms with Crippen LogP contribution in [-0.2, 0) is 4.79 Å². The largest absolute Gasteiger partial charge is 0.478 e. The Labute approximate surface area is 94.2 Å². The maximum Gasteiger partial charge on any atom is 0.331 e. The molecule has 0 unspecified atom stereocenters. The van der Waals surface area contributed by atoms with Crippen molar-refractivity contribution >= 4 is 23.6 Å². The highest BCUT2D eigenvalue weighted by atomic mass is 35.5. The summed E-state index contributed by atoms with van der Waals surface area (Å²) in [6.07, 6.45) is 1.62. The SMILES string of the molecule is CC(C)/C(=C\c1ccccc1Cl)C(=O)O. The Kier molecular flexibility index (Phi) is 3.92. The summed E-state index contributed by atoms with van der Waals surface area (Å²) in [5.41, 5.74) is 1.10. The molecule has 0 fully saturated rings. The highest BCUT2D eigenvalue weighted by Crippen LogP contribution is 2.21. The fraction of sp³-hybridized carbons (Fsp3) is 0.250. The molecule has 15 heavy (non-hydrogen) atoms. The van der Waals surface area contributed by atoms with Gasteiger partial charge < -0.3 is 5.11 Å². The zero-order valence-electron chi connectivity index (χ0n) is 8.70. The first-order chi connectivity index (χ1) is 7.02. The summed E-state index contributed by atoms with van der Waals surface area (Å²) in [5.74, 6) is -0.927. The third-order valence-electron chi connectivity index (χ3n) is 2.09.